The molecule has 1 aromatic rings. The SMILES string of the molecule is COCCC1(c2noc(C)n2)CCN(C(=O)C2CCOCC2)CC1. The first kappa shape index (κ1) is 17.4. The predicted octanol–water partition coefficient (Wildman–Crippen LogP) is 1.70. The molecule has 2 saturated heterocycles. The first-order chi connectivity index (χ1) is 11.6. The Morgan fingerprint density at radius 3 is 2.62 bits per heavy atom. The van der Waals surface area contributed by atoms with E-state index in [0.29, 0.717) is 25.7 Å². The van der Waals surface area contributed by atoms with E-state index in [9.17, 15) is 4.79 Å². The maximum absolute atomic E-state index is 12.7. The van der Waals surface area contributed by atoms with E-state index in [1.54, 1.807) is 7.11 Å². The fraction of sp³-hybridized carbons (Fsp3) is 0.824. The molecule has 0 radical (unpaired) electrons. The van der Waals surface area contributed by atoms with Gasteiger partial charge in [-0.3, -0.25) is 4.79 Å². The molecule has 0 saturated carbocycles. The van der Waals surface area contributed by atoms with Crippen LogP contribution in [0.2, 0.25) is 0 Å². The van der Waals surface area contributed by atoms with Gasteiger partial charge in [0.1, 0.15) is 0 Å². The highest BCUT2D eigenvalue weighted by atomic mass is 16.5. The second kappa shape index (κ2) is 7.61. The Balaban J connectivity index is 1.66. The van der Waals surface area contributed by atoms with Gasteiger partial charge in [-0.05, 0) is 32.1 Å². The van der Waals surface area contributed by atoms with Gasteiger partial charge in [-0.2, -0.15) is 4.98 Å². The van der Waals surface area contributed by atoms with Crippen LogP contribution in [0.4, 0.5) is 0 Å². The fourth-order valence-corrected chi connectivity index (χ4v) is 3.76. The Morgan fingerprint density at radius 1 is 1.33 bits per heavy atom. The first-order valence-corrected chi connectivity index (χ1v) is 8.81. The van der Waals surface area contributed by atoms with Crippen molar-refractivity contribution in [2.45, 2.75) is 44.4 Å². The number of rotatable bonds is 5. The van der Waals surface area contributed by atoms with Crippen LogP contribution in [-0.4, -0.2) is 61.0 Å². The molecule has 1 amide bonds. The molecule has 0 N–H and O–H groups in total. The van der Waals surface area contributed by atoms with Gasteiger partial charge in [-0.1, -0.05) is 5.16 Å². The maximum atomic E-state index is 12.7. The van der Waals surface area contributed by atoms with Gasteiger partial charge < -0.3 is 18.9 Å². The summed E-state index contributed by atoms with van der Waals surface area (Å²) in [4.78, 5) is 19.2. The zero-order chi connectivity index (χ0) is 17.0. The van der Waals surface area contributed by atoms with E-state index in [1.165, 1.54) is 0 Å². The molecule has 0 atom stereocenters. The Bertz CT molecular complexity index is 546. The quantitative estimate of drug-likeness (QED) is 0.814. The molecule has 2 fully saturated rings. The predicted molar refractivity (Wildman–Crippen MR) is 86.6 cm³/mol. The first-order valence-electron chi connectivity index (χ1n) is 8.81. The van der Waals surface area contributed by atoms with Crippen molar-refractivity contribution in [3.63, 3.8) is 0 Å². The number of carbonyl (C=O) groups is 1. The van der Waals surface area contributed by atoms with Crippen molar-refractivity contribution in [3.8, 4) is 0 Å². The highest BCUT2D eigenvalue weighted by molar-refractivity contribution is 5.79. The van der Waals surface area contributed by atoms with Crippen molar-refractivity contribution in [2.24, 2.45) is 5.92 Å². The summed E-state index contributed by atoms with van der Waals surface area (Å²) in [6, 6.07) is 0. The molecule has 0 aromatic carbocycles. The summed E-state index contributed by atoms with van der Waals surface area (Å²) >= 11 is 0. The molecule has 2 aliphatic rings. The second-order valence-corrected chi connectivity index (χ2v) is 6.87. The van der Waals surface area contributed by atoms with E-state index in [1.807, 2.05) is 11.8 Å². The van der Waals surface area contributed by atoms with Crippen LogP contribution in [0.5, 0.6) is 0 Å². The van der Waals surface area contributed by atoms with Gasteiger partial charge in [0.05, 0.1) is 0 Å². The molecule has 0 aliphatic carbocycles. The van der Waals surface area contributed by atoms with Crippen LogP contribution in [0.25, 0.3) is 0 Å². The van der Waals surface area contributed by atoms with E-state index in [0.717, 1.165) is 51.0 Å². The largest absolute Gasteiger partial charge is 0.385 e. The lowest BCUT2D eigenvalue weighted by atomic mass is 9.75. The molecule has 134 valence electrons. The summed E-state index contributed by atoms with van der Waals surface area (Å²) in [6.45, 7) is 5.35. The minimum absolute atomic E-state index is 0.123. The molecule has 7 nitrogen and oxygen atoms in total. The van der Waals surface area contributed by atoms with Crippen LogP contribution >= 0.6 is 0 Å². The van der Waals surface area contributed by atoms with Crippen molar-refractivity contribution >= 4 is 5.91 Å². The van der Waals surface area contributed by atoms with Crippen LogP contribution in [-0.2, 0) is 19.7 Å². The monoisotopic (exact) mass is 337 g/mol. The number of aryl methyl sites for hydroxylation is 1. The molecular weight excluding hydrogens is 310 g/mol. The van der Waals surface area contributed by atoms with E-state index in [-0.39, 0.29) is 17.2 Å². The van der Waals surface area contributed by atoms with E-state index < -0.39 is 0 Å². The van der Waals surface area contributed by atoms with Gasteiger partial charge in [0.2, 0.25) is 11.8 Å². The zero-order valence-electron chi connectivity index (χ0n) is 14.6. The highest BCUT2D eigenvalue weighted by Gasteiger charge is 2.41. The van der Waals surface area contributed by atoms with Gasteiger partial charge >= 0.3 is 0 Å². The number of amides is 1. The van der Waals surface area contributed by atoms with Crippen LogP contribution in [0.1, 0.15) is 43.8 Å². The number of ether oxygens (including phenoxy) is 2. The molecule has 1 aromatic heterocycles. The van der Waals surface area contributed by atoms with Crippen molar-refractivity contribution in [2.75, 3.05) is 40.0 Å². The number of nitrogens with zero attached hydrogens (tertiary/aromatic N) is 3. The third-order valence-electron chi connectivity index (χ3n) is 5.39. The number of carbonyl (C=O) groups excluding carboxylic acids is 1. The molecule has 0 spiro atoms. The minimum atomic E-state index is -0.153. The number of aromatic nitrogens is 2. The fourth-order valence-electron chi connectivity index (χ4n) is 3.76. The lowest BCUT2D eigenvalue weighted by Gasteiger charge is -2.41. The van der Waals surface area contributed by atoms with Gasteiger partial charge in [0.25, 0.3) is 0 Å². The lowest BCUT2D eigenvalue weighted by molar-refractivity contribution is -0.140. The van der Waals surface area contributed by atoms with Crippen molar-refractivity contribution < 1.29 is 18.8 Å². The van der Waals surface area contributed by atoms with Crippen LogP contribution < -0.4 is 0 Å². The normalized spacial score (nSPS) is 21.8. The number of likely N-dealkylation sites (tertiary alicyclic amines) is 1. The summed E-state index contributed by atoms with van der Waals surface area (Å²) in [5.41, 5.74) is -0.153. The third-order valence-corrected chi connectivity index (χ3v) is 5.39. The Labute approximate surface area is 142 Å². The zero-order valence-corrected chi connectivity index (χ0v) is 14.6. The molecular formula is C17H27N3O4. The minimum Gasteiger partial charge on any atom is -0.385 e. The highest BCUT2D eigenvalue weighted by Crippen LogP contribution is 2.37. The Kier molecular flexibility index (Phi) is 5.50. The van der Waals surface area contributed by atoms with Crippen molar-refractivity contribution in [1.29, 1.82) is 0 Å². The summed E-state index contributed by atoms with van der Waals surface area (Å²) in [5.74, 6) is 1.75. The summed E-state index contributed by atoms with van der Waals surface area (Å²) in [6.07, 6.45) is 4.23. The van der Waals surface area contributed by atoms with Gasteiger partial charge in [-0.15, -0.1) is 0 Å². The van der Waals surface area contributed by atoms with Gasteiger partial charge in [-0.25, -0.2) is 0 Å². The van der Waals surface area contributed by atoms with E-state index >= 15 is 0 Å². The average molecular weight is 337 g/mol. The van der Waals surface area contributed by atoms with Gasteiger partial charge in [0.15, 0.2) is 5.82 Å². The number of methoxy groups -OCH3 is 1. The van der Waals surface area contributed by atoms with Gasteiger partial charge in [0, 0.05) is 58.3 Å². The van der Waals surface area contributed by atoms with Crippen molar-refractivity contribution in [3.05, 3.63) is 11.7 Å². The molecule has 0 bridgehead atoms. The number of hydrogen-bond acceptors (Lipinski definition) is 6. The standard InChI is InChI=1S/C17H27N3O4/c1-13-18-16(19-24-13)17(7-12-22-2)5-8-20(9-6-17)15(21)14-3-10-23-11-4-14/h14H,3-12H2,1-2H3. The molecule has 0 unspecified atom stereocenters. The average Bonchev–Trinajstić information content (AvgIpc) is 3.07. The summed E-state index contributed by atoms with van der Waals surface area (Å²) < 4.78 is 15.8. The van der Waals surface area contributed by atoms with Crippen molar-refractivity contribution in [1.82, 2.24) is 15.0 Å². The molecule has 24 heavy (non-hydrogen) atoms. The lowest BCUT2D eigenvalue weighted by Crippen LogP contribution is -2.48. The molecule has 7 heteroatoms. The molecule has 3 heterocycles. The van der Waals surface area contributed by atoms with E-state index in [2.05, 4.69) is 10.1 Å². The van der Waals surface area contributed by atoms with Crippen LogP contribution in [0.15, 0.2) is 4.52 Å². The van der Waals surface area contributed by atoms with Crippen LogP contribution in [0.3, 0.4) is 0 Å². The number of piperidine rings is 1. The Hall–Kier alpha value is -1.47. The molecule has 3 rings (SSSR count). The maximum Gasteiger partial charge on any atom is 0.225 e. The van der Waals surface area contributed by atoms with E-state index in [4.69, 9.17) is 14.0 Å². The second-order valence-electron chi connectivity index (χ2n) is 6.87. The number of hydrogen-bond donors (Lipinski definition) is 0. The topological polar surface area (TPSA) is 77.7 Å². The smallest absolute Gasteiger partial charge is 0.225 e. The Morgan fingerprint density at radius 2 is 2.04 bits per heavy atom. The summed E-state index contributed by atoms with van der Waals surface area (Å²) in [7, 11) is 1.71. The molecule has 2 aliphatic heterocycles. The third kappa shape index (κ3) is 3.62. The summed E-state index contributed by atoms with van der Waals surface area (Å²) in [5, 5.41) is 4.16. The van der Waals surface area contributed by atoms with Crippen LogP contribution in [0, 0.1) is 12.8 Å².